The Hall–Kier alpha value is -1.40. The molecule has 4 N–H and O–H groups in total. The summed E-state index contributed by atoms with van der Waals surface area (Å²) in [6.07, 6.45) is 0. The molecule has 2 amide bonds. The van der Waals surface area contributed by atoms with Crippen LogP contribution < -0.4 is 16.0 Å². The van der Waals surface area contributed by atoms with Gasteiger partial charge in [-0.1, -0.05) is 22.0 Å². The highest BCUT2D eigenvalue weighted by Gasteiger charge is 2.06. The predicted molar refractivity (Wildman–Crippen MR) is 68.5 cm³/mol. The third-order valence-corrected chi connectivity index (χ3v) is 2.54. The Labute approximate surface area is 108 Å². The lowest BCUT2D eigenvalue weighted by atomic mass is 10.3. The summed E-state index contributed by atoms with van der Waals surface area (Å²) >= 11 is 3.32. The van der Waals surface area contributed by atoms with Crippen LogP contribution in [0.25, 0.3) is 0 Å². The highest BCUT2D eigenvalue weighted by atomic mass is 79.9. The van der Waals surface area contributed by atoms with Crippen molar-refractivity contribution in [2.24, 2.45) is 0 Å². The van der Waals surface area contributed by atoms with Crippen molar-refractivity contribution >= 4 is 33.4 Å². The van der Waals surface area contributed by atoms with Crippen molar-refractivity contribution in [1.29, 1.82) is 0 Å². The van der Waals surface area contributed by atoms with Crippen molar-refractivity contribution in [2.75, 3.05) is 25.5 Å². The quantitative estimate of drug-likeness (QED) is 0.698. The minimum Gasteiger partial charge on any atom is -0.354 e. The highest BCUT2D eigenvalue weighted by molar-refractivity contribution is 9.10. The van der Waals surface area contributed by atoms with Crippen LogP contribution >= 0.6 is 15.9 Å². The minimum absolute atomic E-state index is 0.0970. The summed E-state index contributed by atoms with van der Waals surface area (Å²) in [4.78, 5) is 22.4. The van der Waals surface area contributed by atoms with Crippen molar-refractivity contribution in [1.82, 2.24) is 5.32 Å². The fourth-order valence-electron chi connectivity index (χ4n) is 1.21. The van der Waals surface area contributed by atoms with Gasteiger partial charge in [0.05, 0.1) is 0 Å². The smallest absolute Gasteiger partial charge is 0.279 e. The molecule has 0 heterocycles. The van der Waals surface area contributed by atoms with Gasteiger partial charge in [-0.05, 0) is 18.2 Å². The van der Waals surface area contributed by atoms with Crippen LogP contribution in [-0.2, 0) is 9.59 Å². The number of rotatable bonds is 5. The fraction of sp³-hybridized carbons (Fsp3) is 0.273. The molecule has 0 fully saturated rings. The maximum absolute atomic E-state index is 11.5. The van der Waals surface area contributed by atoms with Crippen LogP contribution in [0.4, 0.5) is 5.69 Å². The molecule has 92 valence electrons. The number of amides is 2. The molecule has 0 atom stereocenters. The summed E-state index contributed by atoms with van der Waals surface area (Å²) < 4.78 is 0.907. The Morgan fingerprint density at radius 2 is 2.00 bits per heavy atom. The number of quaternary nitrogens is 1. The predicted octanol–water partition coefficient (Wildman–Crippen LogP) is -0.303. The van der Waals surface area contributed by atoms with Gasteiger partial charge in [0.2, 0.25) is 0 Å². The molecule has 0 bridgehead atoms. The summed E-state index contributed by atoms with van der Waals surface area (Å²) in [6, 6.07) is 7.35. The van der Waals surface area contributed by atoms with Crippen LogP contribution in [0.2, 0.25) is 0 Å². The molecule has 1 aromatic carbocycles. The van der Waals surface area contributed by atoms with Crippen molar-refractivity contribution in [3.05, 3.63) is 28.7 Å². The van der Waals surface area contributed by atoms with Gasteiger partial charge in [0.15, 0.2) is 13.1 Å². The second kappa shape index (κ2) is 7.03. The molecular formula is C11H15BrN3O2+. The third kappa shape index (κ3) is 5.46. The maximum atomic E-state index is 11.5. The Kier molecular flexibility index (Phi) is 5.65. The van der Waals surface area contributed by atoms with E-state index in [2.05, 4.69) is 26.6 Å². The average Bonchev–Trinajstić information content (AvgIpc) is 2.28. The second-order valence-corrected chi connectivity index (χ2v) is 4.34. The van der Waals surface area contributed by atoms with Gasteiger partial charge in [-0.3, -0.25) is 9.59 Å². The number of benzene rings is 1. The lowest BCUT2D eigenvalue weighted by Crippen LogP contribution is -2.88. The van der Waals surface area contributed by atoms with Crippen LogP contribution in [0.3, 0.4) is 0 Å². The van der Waals surface area contributed by atoms with Gasteiger partial charge < -0.3 is 16.0 Å². The summed E-state index contributed by atoms with van der Waals surface area (Å²) in [5.74, 6) is -0.229. The number of carbonyl (C=O) groups excluding carboxylic acids is 2. The fourth-order valence-corrected chi connectivity index (χ4v) is 1.61. The molecule has 0 aliphatic rings. The van der Waals surface area contributed by atoms with E-state index in [9.17, 15) is 9.59 Å². The van der Waals surface area contributed by atoms with E-state index in [4.69, 9.17) is 0 Å². The first-order chi connectivity index (χ1) is 8.11. The van der Waals surface area contributed by atoms with E-state index in [1.165, 1.54) is 0 Å². The molecule has 0 spiro atoms. The van der Waals surface area contributed by atoms with Gasteiger partial charge in [0, 0.05) is 17.2 Å². The number of hydrogen-bond acceptors (Lipinski definition) is 2. The first kappa shape index (κ1) is 13.7. The summed E-state index contributed by atoms with van der Waals surface area (Å²) in [5.41, 5.74) is 0.734. The first-order valence-electron chi connectivity index (χ1n) is 5.19. The summed E-state index contributed by atoms with van der Waals surface area (Å²) in [6.45, 7) is 0.475. The minimum atomic E-state index is -0.132. The molecule has 0 saturated heterocycles. The van der Waals surface area contributed by atoms with Crippen LogP contribution in [0.15, 0.2) is 28.7 Å². The SMILES string of the molecule is CNC(=O)C[NH2+]CC(=O)Nc1cccc(Br)c1. The molecule has 0 aromatic heterocycles. The Morgan fingerprint density at radius 3 is 2.65 bits per heavy atom. The largest absolute Gasteiger partial charge is 0.354 e. The zero-order valence-corrected chi connectivity index (χ0v) is 11.1. The molecule has 0 saturated carbocycles. The molecular weight excluding hydrogens is 286 g/mol. The van der Waals surface area contributed by atoms with Gasteiger partial charge in [0.25, 0.3) is 11.8 Å². The summed E-state index contributed by atoms with van der Waals surface area (Å²) in [7, 11) is 1.57. The van der Waals surface area contributed by atoms with E-state index in [1.807, 2.05) is 18.2 Å². The standard InChI is InChI=1S/C11H14BrN3O2/c1-13-10(16)6-14-7-11(17)15-9-4-2-3-8(12)5-9/h2-5,14H,6-7H2,1H3,(H,13,16)(H,15,17)/p+1. The number of halogens is 1. The average molecular weight is 301 g/mol. The monoisotopic (exact) mass is 300 g/mol. The molecule has 6 heteroatoms. The number of nitrogens with two attached hydrogens (primary N) is 1. The lowest BCUT2D eigenvalue weighted by Gasteiger charge is -2.04. The van der Waals surface area contributed by atoms with Gasteiger partial charge in [-0.25, -0.2) is 0 Å². The molecule has 0 aliphatic heterocycles. The number of hydrogen-bond donors (Lipinski definition) is 3. The van der Waals surface area contributed by atoms with Gasteiger partial charge in [0.1, 0.15) is 0 Å². The highest BCUT2D eigenvalue weighted by Crippen LogP contribution is 2.15. The van der Waals surface area contributed by atoms with Crippen molar-refractivity contribution in [3.63, 3.8) is 0 Å². The van der Waals surface area contributed by atoms with Gasteiger partial charge in [-0.15, -0.1) is 0 Å². The van der Waals surface area contributed by atoms with E-state index in [0.29, 0.717) is 0 Å². The third-order valence-electron chi connectivity index (χ3n) is 2.05. The number of anilines is 1. The zero-order chi connectivity index (χ0) is 12.7. The Balaban J connectivity index is 2.32. The van der Waals surface area contributed by atoms with Gasteiger partial charge in [-0.2, -0.15) is 0 Å². The van der Waals surface area contributed by atoms with Crippen LogP contribution in [0.1, 0.15) is 0 Å². The zero-order valence-electron chi connectivity index (χ0n) is 9.50. The molecule has 0 aliphatic carbocycles. The molecule has 1 aromatic rings. The van der Waals surface area contributed by atoms with Crippen molar-refractivity contribution in [2.45, 2.75) is 0 Å². The van der Waals surface area contributed by atoms with E-state index in [1.54, 1.807) is 18.4 Å². The number of carbonyl (C=O) groups is 2. The van der Waals surface area contributed by atoms with Crippen LogP contribution in [-0.4, -0.2) is 32.0 Å². The Bertz CT molecular complexity index is 409. The number of nitrogens with one attached hydrogen (secondary N) is 2. The maximum Gasteiger partial charge on any atom is 0.279 e. The van der Waals surface area contributed by atoms with Crippen molar-refractivity contribution < 1.29 is 14.9 Å². The molecule has 17 heavy (non-hydrogen) atoms. The number of likely N-dealkylation sites (N-methyl/N-ethyl adjacent to an activating group) is 1. The van der Waals surface area contributed by atoms with E-state index >= 15 is 0 Å². The van der Waals surface area contributed by atoms with E-state index < -0.39 is 0 Å². The Morgan fingerprint density at radius 1 is 1.29 bits per heavy atom. The molecule has 5 nitrogen and oxygen atoms in total. The second-order valence-electron chi connectivity index (χ2n) is 3.43. The van der Waals surface area contributed by atoms with E-state index in [-0.39, 0.29) is 24.9 Å². The topological polar surface area (TPSA) is 74.8 Å². The summed E-state index contributed by atoms with van der Waals surface area (Å²) in [5, 5.41) is 6.88. The molecule has 0 unspecified atom stereocenters. The first-order valence-corrected chi connectivity index (χ1v) is 5.99. The van der Waals surface area contributed by atoms with Crippen LogP contribution in [0, 0.1) is 0 Å². The molecule has 0 radical (unpaired) electrons. The van der Waals surface area contributed by atoms with Crippen LogP contribution in [0.5, 0.6) is 0 Å². The lowest BCUT2D eigenvalue weighted by molar-refractivity contribution is -0.632. The normalized spacial score (nSPS) is 9.76. The van der Waals surface area contributed by atoms with Gasteiger partial charge >= 0.3 is 0 Å². The molecule has 1 rings (SSSR count). The van der Waals surface area contributed by atoms with Crippen molar-refractivity contribution in [3.8, 4) is 0 Å². The van der Waals surface area contributed by atoms with E-state index in [0.717, 1.165) is 10.2 Å².